The molecule has 0 saturated carbocycles. The molecule has 114 valence electrons. The Morgan fingerprint density at radius 3 is 2.55 bits per heavy atom. The highest BCUT2D eigenvalue weighted by Crippen LogP contribution is 2.08. The van der Waals surface area contributed by atoms with Gasteiger partial charge < -0.3 is 10.6 Å². The first-order valence-electron chi connectivity index (χ1n) is 7.14. The summed E-state index contributed by atoms with van der Waals surface area (Å²) in [5.41, 5.74) is 0. The van der Waals surface area contributed by atoms with E-state index in [1.54, 1.807) is 7.05 Å². The Labute approximate surface area is 121 Å². The fraction of sp³-hybridized carbons (Fsp3) is 0.769. The van der Waals surface area contributed by atoms with Gasteiger partial charge in [0.15, 0.2) is 15.8 Å². The van der Waals surface area contributed by atoms with E-state index >= 15 is 0 Å². The van der Waals surface area contributed by atoms with Gasteiger partial charge in [-0.15, -0.1) is 0 Å². The standard InChI is InChI=1S/C13H24N4O2S/c1-14-13(16-12-4-2-3-5-12)15-6-7-17-8-10-20(18,19)11-9-17/h2-3,12H,4-11H2,1H3,(H2,14,15,16). The fourth-order valence-corrected chi connectivity index (χ4v) is 3.71. The zero-order chi connectivity index (χ0) is 14.4. The van der Waals surface area contributed by atoms with E-state index in [-0.39, 0.29) is 11.5 Å². The van der Waals surface area contributed by atoms with Crippen LogP contribution in [0.1, 0.15) is 12.8 Å². The number of sulfone groups is 1. The van der Waals surface area contributed by atoms with Gasteiger partial charge >= 0.3 is 0 Å². The Hall–Kier alpha value is -1.08. The zero-order valence-electron chi connectivity index (χ0n) is 12.0. The molecule has 0 amide bonds. The SMILES string of the molecule is CN=C(NCCN1CCS(=O)(=O)CC1)NC1CC=CC1. The van der Waals surface area contributed by atoms with Crippen molar-refractivity contribution < 1.29 is 8.42 Å². The maximum atomic E-state index is 11.3. The lowest BCUT2D eigenvalue weighted by molar-refractivity contribution is 0.299. The zero-order valence-corrected chi connectivity index (χ0v) is 12.8. The molecular formula is C13H24N4O2S. The molecule has 7 heteroatoms. The molecule has 0 radical (unpaired) electrons. The Balaban J connectivity index is 1.64. The van der Waals surface area contributed by atoms with Crippen LogP contribution >= 0.6 is 0 Å². The van der Waals surface area contributed by atoms with Crippen LogP contribution in [0.5, 0.6) is 0 Å². The number of hydrogen-bond acceptors (Lipinski definition) is 4. The number of aliphatic imine (C=N–C) groups is 1. The Kier molecular flexibility index (Phi) is 5.42. The lowest BCUT2D eigenvalue weighted by atomic mass is 10.2. The van der Waals surface area contributed by atoms with Crippen molar-refractivity contribution in [1.29, 1.82) is 0 Å². The van der Waals surface area contributed by atoms with Crippen LogP contribution in [0.15, 0.2) is 17.1 Å². The molecule has 1 heterocycles. The van der Waals surface area contributed by atoms with Crippen molar-refractivity contribution >= 4 is 15.8 Å². The van der Waals surface area contributed by atoms with Gasteiger partial charge in [-0.3, -0.25) is 9.89 Å². The van der Waals surface area contributed by atoms with Gasteiger partial charge in [0, 0.05) is 39.3 Å². The average Bonchev–Trinajstić information content (AvgIpc) is 2.92. The first kappa shape index (κ1) is 15.3. The number of hydrogen-bond donors (Lipinski definition) is 2. The van der Waals surface area contributed by atoms with Gasteiger partial charge in [0.2, 0.25) is 0 Å². The van der Waals surface area contributed by atoms with Gasteiger partial charge in [-0.1, -0.05) is 12.2 Å². The Morgan fingerprint density at radius 1 is 1.30 bits per heavy atom. The van der Waals surface area contributed by atoms with E-state index in [0.29, 0.717) is 19.1 Å². The maximum absolute atomic E-state index is 11.3. The monoisotopic (exact) mass is 300 g/mol. The Morgan fingerprint density at radius 2 is 1.95 bits per heavy atom. The van der Waals surface area contributed by atoms with E-state index in [1.165, 1.54) is 0 Å². The average molecular weight is 300 g/mol. The molecular weight excluding hydrogens is 276 g/mol. The molecule has 2 aliphatic rings. The summed E-state index contributed by atoms with van der Waals surface area (Å²) in [6.45, 7) is 2.91. The molecule has 0 atom stereocenters. The summed E-state index contributed by atoms with van der Waals surface area (Å²) >= 11 is 0. The topological polar surface area (TPSA) is 73.8 Å². The van der Waals surface area contributed by atoms with Gasteiger partial charge in [-0.25, -0.2) is 8.42 Å². The minimum absolute atomic E-state index is 0.285. The smallest absolute Gasteiger partial charge is 0.191 e. The molecule has 1 saturated heterocycles. The molecule has 1 aliphatic carbocycles. The second-order valence-electron chi connectivity index (χ2n) is 5.28. The summed E-state index contributed by atoms with van der Waals surface area (Å²) < 4.78 is 22.7. The van der Waals surface area contributed by atoms with Gasteiger partial charge in [0.1, 0.15) is 0 Å². The molecule has 0 aromatic rings. The van der Waals surface area contributed by atoms with Crippen LogP contribution in [-0.4, -0.2) is 70.1 Å². The van der Waals surface area contributed by atoms with Crippen molar-refractivity contribution in [3.05, 3.63) is 12.2 Å². The quantitative estimate of drug-likeness (QED) is 0.420. The van der Waals surface area contributed by atoms with Crippen LogP contribution in [0.3, 0.4) is 0 Å². The molecule has 2 N–H and O–H groups in total. The maximum Gasteiger partial charge on any atom is 0.191 e. The summed E-state index contributed by atoms with van der Waals surface area (Å²) in [5.74, 6) is 1.39. The van der Waals surface area contributed by atoms with Gasteiger partial charge in [-0.05, 0) is 12.8 Å². The van der Waals surface area contributed by atoms with Crippen molar-refractivity contribution in [2.75, 3.05) is 44.7 Å². The summed E-state index contributed by atoms with van der Waals surface area (Å²) in [4.78, 5) is 6.39. The molecule has 6 nitrogen and oxygen atoms in total. The predicted octanol–water partition coefficient (Wildman–Crippen LogP) is -0.400. The Bertz CT molecular complexity index is 451. The van der Waals surface area contributed by atoms with Crippen molar-refractivity contribution in [1.82, 2.24) is 15.5 Å². The van der Waals surface area contributed by atoms with E-state index in [4.69, 9.17) is 0 Å². The second-order valence-corrected chi connectivity index (χ2v) is 7.58. The van der Waals surface area contributed by atoms with E-state index < -0.39 is 9.84 Å². The van der Waals surface area contributed by atoms with E-state index in [9.17, 15) is 8.42 Å². The molecule has 1 aliphatic heterocycles. The van der Waals surface area contributed by atoms with Crippen LogP contribution in [0.2, 0.25) is 0 Å². The van der Waals surface area contributed by atoms with Crippen LogP contribution in [0.4, 0.5) is 0 Å². The van der Waals surface area contributed by atoms with Gasteiger partial charge in [0.05, 0.1) is 11.5 Å². The first-order chi connectivity index (χ1) is 9.59. The highest BCUT2D eigenvalue weighted by atomic mass is 32.2. The number of rotatable bonds is 4. The summed E-state index contributed by atoms with van der Waals surface area (Å²) in [6, 6.07) is 0.446. The minimum Gasteiger partial charge on any atom is -0.355 e. The van der Waals surface area contributed by atoms with Gasteiger partial charge in [-0.2, -0.15) is 0 Å². The fourth-order valence-electron chi connectivity index (χ4n) is 2.43. The molecule has 20 heavy (non-hydrogen) atoms. The van der Waals surface area contributed by atoms with Crippen LogP contribution in [0.25, 0.3) is 0 Å². The molecule has 0 unspecified atom stereocenters. The molecule has 0 bridgehead atoms. The molecule has 1 fully saturated rings. The molecule has 2 rings (SSSR count). The third-order valence-electron chi connectivity index (χ3n) is 3.73. The lowest BCUT2D eigenvalue weighted by Gasteiger charge is -2.27. The normalized spacial score (nSPS) is 23.9. The summed E-state index contributed by atoms with van der Waals surface area (Å²) in [5, 5.41) is 6.66. The van der Waals surface area contributed by atoms with Crippen LogP contribution < -0.4 is 10.6 Å². The first-order valence-corrected chi connectivity index (χ1v) is 8.96. The van der Waals surface area contributed by atoms with Crippen molar-refractivity contribution in [2.24, 2.45) is 4.99 Å². The van der Waals surface area contributed by atoms with Crippen molar-refractivity contribution in [2.45, 2.75) is 18.9 Å². The summed E-state index contributed by atoms with van der Waals surface area (Å²) in [7, 11) is -1.01. The van der Waals surface area contributed by atoms with Gasteiger partial charge in [0.25, 0.3) is 0 Å². The lowest BCUT2D eigenvalue weighted by Crippen LogP contribution is -2.47. The van der Waals surface area contributed by atoms with Crippen LogP contribution in [0, 0.1) is 0 Å². The highest BCUT2D eigenvalue weighted by molar-refractivity contribution is 7.91. The third-order valence-corrected chi connectivity index (χ3v) is 5.34. The van der Waals surface area contributed by atoms with Crippen molar-refractivity contribution in [3.8, 4) is 0 Å². The van der Waals surface area contributed by atoms with E-state index in [1.807, 2.05) is 0 Å². The number of guanidine groups is 1. The summed E-state index contributed by atoms with van der Waals surface area (Å²) in [6.07, 6.45) is 6.45. The molecule has 0 spiro atoms. The second kappa shape index (κ2) is 7.08. The van der Waals surface area contributed by atoms with E-state index in [2.05, 4.69) is 32.7 Å². The highest BCUT2D eigenvalue weighted by Gasteiger charge is 2.21. The third kappa shape index (κ3) is 4.79. The minimum atomic E-state index is -2.78. The number of nitrogens with one attached hydrogen (secondary N) is 2. The molecule has 0 aromatic heterocycles. The number of nitrogens with zero attached hydrogens (tertiary/aromatic N) is 2. The van der Waals surface area contributed by atoms with E-state index in [0.717, 1.165) is 31.9 Å². The van der Waals surface area contributed by atoms with Crippen LogP contribution in [-0.2, 0) is 9.84 Å². The van der Waals surface area contributed by atoms with Crippen molar-refractivity contribution in [3.63, 3.8) is 0 Å². The molecule has 0 aromatic carbocycles. The largest absolute Gasteiger partial charge is 0.355 e. The predicted molar refractivity (Wildman–Crippen MR) is 81.8 cm³/mol.